The summed E-state index contributed by atoms with van der Waals surface area (Å²) in [6.45, 7) is 9.08. The molecule has 132 valence electrons. The first-order valence-electron chi connectivity index (χ1n) is 8.98. The maximum atomic E-state index is 5.14. The van der Waals surface area contributed by atoms with Gasteiger partial charge in [0.15, 0.2) is 5.75 Å². The maximum Gasteiger partial charge on any atom is 0.173 e. The molecule has 0 unspecified atom stereocenters. The summed E-state index contributed by atoms with van der Waals surface area (Å²) in [6.07, 6.45) is 0. The summed E-state index contributed by atoms with van der Waals surface area (Å²) in [7, 11) is 0. The maximum absolute atomic E-state index is 5.14. The van der Waals surface area contributed by atoms with Crippen molar-refractivity contribution in [3.8, 4) is 5.75 Å². The SMILES string of the molecule is Cc1cccc(N2CCN(CCNc3ccc4c(c3)OOC4)CC2)c1. The number of anilines is 2. The number of nitrogens with one attached hydrogen (secondary N) is 1. The highest BCUT2D eigenvalue weighted by Gasteiger charge is 2.17. The molecule has 25 heavy (non-hydrogen) atoms. The molecule has 4 rings (SSSR count). The molecule has 0 amide bonds. The second-order valence-electron chi connectivity index (χ2n) is 6.76. The summed E-state index contributed by atoms with van der Waals surface area (Å²) >= 11 is 0. The number of benzene rings is 2. The van der Waals surface area contributed by atoms with Crippen molar-refractivity contribution in [2.45, 2.75) is 13.5 Å². The summed E-state index contributed by atoms with van der Waals surface area (Å²) < 4.78 is 0. The summed E-state index contributed by atoms with van der Waals surface area (Å²) in [5.41, 5.74) is 4.87. The van der Waals surface area contributed by atoms with Crippen LogP contribution in [0.1, 0.15) is 11.1 Å². The van der Waals surface area contributed by atoms with Gasteiger partial charge >= 0.3 is 0 Å². The smallest absolute Gasteiger partial charge is 0.173 e. The Morgan fingerprint density at radius 1 is 1.04 bits per heavy atom. The van der Waals surface area contributed by atoms with Gasteiger partial charge in [-0.3, -0.25) is 4.90 Å². The van der Waals surface area contributed by atoms with Gasteiger partial charge in [-0.05, 0) is 30.7 Å². The van der Waals surface area contributed by atoms with E-state index >= 15 is 0 Å². The van der Waals surface area contributed by atoms with Crippen LogP contribution in [0.3, 0.4) is 0 Å². The molecular weight excluding hydrogens is 314 g/mol. The largest absolute Gasteiger partial charge is 0.384 e. The van der Waals surface area contributed by atoms with Crippen molar-refractivity contribution >= 4 is 11.4 Å². The van der Waals surface area contributed by atoms with Gasteiger partial charge in [-0.15, -0.1) is 0 Å². The predicted molar refractivity (Wildman–Crippen MR) is 100 cm³/mol. The highest BCUT2D eigenvalue weighted by atomic mass is 17.2. The molecular formula is C20H25N3O2. The molecule has 0 radical (unpaired) electrons. The van der Waals surface area contributed by atoms with Gasteiger partial charge in [0.1, 0.15) is 6.61 Å². The first kappa shape index (κ1) is 16.2. The second-order valence-corrected chi connectivity index (χ2v) is 6.76. The Morgan fingerprint density at radius 3 is 2.76 bits per heavy atom. The minimum atomic E-state index is 0.542. The van der Waals surface area contributed by atoms with Crippen LogP contribution in [0.15, 0.2) is 42.5 Å². The van der Waals surface area contributed by atoms with E-state index in [4.69, 9.17) is 9.78 Å². The van der Waals surface area contributed by atoms with Gasteiger partial charge in [0, 0.05) is 62.3 Å². The molecule has 2 aromatic rings. The lowest BCUT2D eigenvalue weighted by atomic mass is 10.2. The quantitative estimate of drug-likeness (QED) is 0.848. The number of hydrogen-bond donors (Lipinski definition) is 1. The molecule has 1 saturated heterocycles. The number of piperazine rings is 1. The standard InChI is InChI=1S/C20H25N3O2/c1-16-3-2-4-19(13-16)23-11-9-22(10-12-23)8-7-21-18-6-5-17-15-24-25-20(17)14-18/h2-6,13-14,21H,7-12,15H2,1H3. The highest BCUT2D eigenvalue weighted by molar-refractivity contribution is 5.52. The highest BCUT2D eigenvalue weighted by Crippen LogP contribution is 2.28. The zero-order valence-corrected chi connectivity index (χ0v) is 14.7. The molecule has 2 aliphatic heterocycles. The van der Waals surface area contributed by atoms with Crippen LogP contribution >= 0.6 is 0 Å². The Kier molecular flexibility index (Phi) is 4.76. The minimum absolute atomic E-state index is 0.542. The molecule has 0 aliphatic carbocycles. The fourth-order valence-electron chi connectivity index (χ4n) is 3.43. The van der Waals surface area contributed by atoms with Gasteiger partial charge in [-0.25, -0.2) is 0 Å². The van der Waals surface area contributed by atoms with E-state index in [1.807, 2.05) is 6.07 Å². The number of aryl methyl sites for hydroxylation is 1. The molecule has 2 aromatic carbocycles. The third kappa shape index (κ3) is 3.89. The fourth-order valence-corrected chi connectivity index (χ4v) is 3.43. The van der Waals surface area contributed by atoms with Crippen LogP contribution in [0.25, 0.3) is 0 Å². The van der Waals surface area contributed by atoms with Crippen molar-refractivity contribution in [1.29, 1.82) is 0 Å². The van der Waals surface area contributed by atoms with E-state index in [1.165, 1.54) is 11.3 Å². The van der Waals surface area contributed by atoms with Crippen LogP contribution in [-0.4, -0.2) is 44.2 Å². The summed E-state index contributed by atoms with van der Waals surface area (Å²) in [5.74, 6) is 0.830. The van der Waals surface area contributed by atoms with Gasteiger partial charge in [0.2, 0.25) is 0 Å². The normalized spacial score (nSPS) is 17.2. The molecule has 0 atom stereocenters. The second kappa shape index (κ2) is 7.33. The van der Waals surface area contributed by atoms with Crippen molar-refractivity contribution in [2.75, 3.05) is 49.5 Å². The average molecular weight is 339 g/mol. The van der Waals surface area contributed by atoms with Gasteiger partial charge in [0.25, 0.3) is 0 Å². The monoisotopic (exact) mass is 339 g/mol. The van der Waals surface area contributed by atoms with Crippen LogP contribution < -0.4 is 15.1 Å². The third-order valence-electron chi connectivity index (χ3n) is 4.93. The first-order valence-corrected chi connectivity index (χ1v) is 8.98. The van der Waals surface area contributed by atoms with Crippen molar-refractivity contribution in [2.24, 2.45) is 0 Å². The summed E-state index contributed by atoms with van der Waals surface area (Å²) in [5, 5.41) is 3.48. The van der Waals surface area contributed by atoms with Gasteiger partial charge < -0.3 is 15.1 Å². The van der Waals surface area contributed by atoms with E-state index in [0.29, 0.717) is 6.61 Å². The fraction of sp³-hybridized carbons (Fsp3) is 0.400. The topological polar surface area (TPSA) is 37.0 Å². The van der Waals surface area contributed by atoms with Crippen molar-refractivity contribution in [1.82, 2.24) is 4.90 Å². The van der Waals surface area contributed by atoms with Crippen LogP contribution in [0.4, 0.5) is 11.4 Å². The van der Waals surface area contributed by atoms with E-state index in [-0.39, 0.29) is 0 Å². The lowest BCUT2D eigenvalue weighted by Gasteiger charge is -2.36. The van der Waals surface area contributed by atoms with E-state index in [0.717, 1.165) is 56.3 Å². The molecule has 1 fully saturated rings. The van der Waals surface area contributed by atoms with Gasteiger partial charge in [-0.2, -0.15) is 4.89 Å². The summed E-state index contributed by atoms with van der Waals surface area (Å²) in [6, 6.07) is 14.9. The van der Waals surface area contributed by atoms with E-state index < -0.39 is 0 Å². The van der Waals surface area contributed by atoms with Crippen LogP contribution in [-0.2, 0) is 11.5 Å². The predicted octanol–water partition coefficient (Wildman–Crippen LogP) is 3.05. The van der Waals surface area contributed by atoms with Crippen LogP contribution in [0.2, 0.25) is 0 Å². The number of nitrogens with zero attached hydrogens (tertiary/aromatic N) is 2. The molecule has 2 aliphatic rings. The molecule has 0 aromatic heterocycles. The van der Waals surface area contributed by atoms with E-state index in [1.54, 1.807) is 0 Å². The van der Waals surface area contributed by atoms with Gasteiger partial charge in [0.05, 0.1) is 0 Å². The third-order valence-corrected chi connectivity index (χ3v) is 4.93. The van der Waals surface area contributed by atoms with Crippen molar-refractivity contribution < 1.29 is 9.78 Å². The Bertz CT molecular complexity index is 727. The number of rotatable bonds is 5. The molecule has 5 nitrogen and oxygen atoms in total. The lowest BCUT2D eigenvalue weighted by Crippen LogP contribution is -2.47. The van der Waals surface area contributed by atoms with E-state index in [2.05, 4.69) is 58.4 Å². The van der Waals surface area contributed by atoms with Gasteiger partial charge in [-0.1, -0.05) is 18.2 Å². The zero-order valence-electron chi connectivity index (χ0n) is 14.7. The molecule has 2 heterocycles. The zero-order chi connectivity index (χ0) is 17.1. The average Bonchev–Trinajstić information content (AvgIpc) is 3.10. The van der Waals surface area contributed by atoms with E-state index in [9.17, 15) is 0 Å². The summed E-state index contributed by atoms with van der Waals surface area (Å²) in [4.78, 5) is 15.1. The Hall–Kier alpha value is -2.24. The lowest BCUT2D eigenvalue weighted by molar-refractivity contribution is -0.194. The Labute approximate surface area is 149 Å². The Morgan fingerprint density at radius 2 is 1.92 bits per heavy atom. The first-order chi connectivity index (χ1) is 12.3. The van der Waals surface area contributed by atoms with Crippen LogP contribution in [0.5, 0.6) is 5.75 Å². The number of hydrogen-bond acceptors (Lipinski definition) is 5. The molecule has 5 heteroatoms. The molecule has 1 N–H and O–H groups in total. The molecule has 0 spiro atoms. The minimum Gasteiger partial charge on any atom is -0.384 e. The Balaban J connectivity index is 1.23. The molecule has 0 bridgehead atoms. The molecule has 0 saturated carbocycles. The van der Waals surface area contributed by atoms with Crippen molar-refractivity contribution in [3.63, 3.8) is 0 Å². The van der Waals surface area contributed by atoms with Crippen LogP contribution in [0, 0.1) is 6.92 Å². The van der Waals surface area contributed by atoms with Crippen molar-refractivity contribution in [3.05, 3.63) is 53.6 Å². The number of fused-ring (bicyclic) bond motifs is 1.